The number of esters is 3. The van der Waals surface area contributed by atoms with Crippen LogP contribution in [-0.4, -0.2) is 142 Å². The molecule has 0 spiro atoms. The molecule has 80 heavy (non-hydrogen) atoms. The van der Waals surface area contributed by atoms with Gasteiger partial charge in [-0.25, -0.2) is 4.79 Å². The van der Waals surface area contributed by atoms with E-state index in [4.69, 9.17) is 46.1 Å². The summed E-state index contributed by atoms with van der Waals surface area (Å²) in [4.78, 5) is 59.2. The van der Waals surface area contributed by atoms with Crippen LogP contribution in [0.1, 0.15) is 154 Å². The van der Waals surface area contributed by atoms with Gasteiger partial charge in [0.2, 0.25) is 0 Å². The number of aliphatic hydroxyl groups is 1. The van der Waals surface area contributed by atoms with Crippen molar-refractivity contribution in [2.75, 3.05) is 13.2 Å². The van der Waals surface area contributed by atoms with E-state index in [0.29, 0.717) is 17.6 Å². The third-order valence-corrected chi connectivity index (χ3v) is 40.0. The van der Waals surface area contributed by atoms with E-state index in [9.17, 15) is 14.7 Å². The van der Waals surface area contributed by atoms with Crippen molar-refractivity contribution in [3.05, 3.63) is 47.0 Å². The molecule has 6 rings (SSSR count). The Labute approximate surface area is 484 Å². The number of hydrogen-bond acceptors (Lipinski definition) is 15. The summed E-state index contributed by atoms with van der Waals surface area (Å²) in [5.41, 5.74) is -5.81. The Kier molecular flexibility index (Phi) is 22.1. The minimum atomic E-state index is -2.60. The van der Waals surface area contributed by atoms with E-state index in [1.165, 1.54) is 13.8 Å². The number of rotatable bonds is 27. The van der Waals surface area contributed by atoms with Gasteiger partial charge in [0.05, 0.1) is 54.5 Å². The fourth-order valence-corrected chi connectivity index (χ4v) is 26.3. The smallest absolute Gasteiger partial charge is 0.338 e. The summed E-state index contributed by atoms with van der Waals surface area (Å²) in [5.74, 6) is -3.89. The molecule has 0 amide bonds. The summed E-state index contributed by atoms with van der Waals surface area (Å²) in [6.07, 6.45) is -7.94. The lowest BCUT2D eigenvalue weighted by molar-refractivity contribution is -0.346. The van der Waals surface area contributed by atoms with E-state index in [1.807, 2.05) is 20.8 Å². The Morgan fingerprint density at radius 2 is 1.21 bits per heavy atom. The number of hydrogen-bond donors (Lipinski definition) is 1. The van der Waals surface area contributed by atoms with Gasteiger partial charge in [-0.2, -0.15) is 0 Å². The monoisotopic (exact) mass is 1190 g/mol. The fraction of sp³-hybridized carbons (Fsp3) is 0.803. The number of carbonyl (C=O) groups excluding carboxylic acids is 4. The van der Waals surface area contributed by atoms with Crippen LogP contribution in [0, 0.1) is 16.7 Å². The molecule has 13 atom stereocenters. The fourth-order valence-electron chi connectivity index (χ4n) is 15.0. The first kappa shape index (κ1) is 66.7. The molecule has 0 radical (unpaired) electrons. The van der Waals surface area contributed by atoms with Gasteiger partial charge in [0.1, 0.15) is 23.9 Å². The van der Waals surface area contributed by atoms with Crippen molar-refractivity contribution in [2.24, 2.45) is 16.7 Å². The number of carbonyl (C=O) groups is 4. The average Bonchev–Trinajstić information content (AvgIpc) is 3.45. The second-order valence-electron chi connectivity index (χ2n) is 24.8. The number of fused-ring (bicyclic) bond motifs is 5. The van der Waals surface area contributed by atoms with Crippen molar-refractivity contribution in [3.8, 4) is 0 Å². The number of ketones is 1. The summed E-state index contributed by atoms with van der Waals surface area (Å²) in [7, 11) is -9.40. The zero-order valence-corrected chi connectivity index (χ0v) is 56.3. The predicted octanol–water partition coefficient (Wildman–Crippen LogP) is 12.6. The van der Waals surface area contributed by atoms with Crippen LogP contribution in [0.4, 0.5) is 0 Å². The number of ether oxygens (including phenoxy) is 6. The van der Waals surface area contributed by atoms with Crippen molar-refractivity contribution in [1.82, 2.24) is 0 Å². The molecule has 2 saturated heterocycles. The van der Waals surface area contributed by atoms with Crippen LogP contribution >= 0.6 is 0 Å². The SMILES string of the molecule is CC[Si](CC)(CC)OC[C@H]1O[C@H](O[C@H]2C[C@@]3(O)[C@@H](OC(=O)c4ccccc4)[C@H]4[C@]5(OC(C)=O)CO[C@@H]5C[C@H](O[Si](CC)(CC)CC)[C@@]4(C)C(=O)[C@H](OC(C)=O)C(=C2C)C3(C)C)C[C@@H](O[Si](CC)(CC)CC)[C@H]1O[Si](CC)(CC)CC. The first-order valence-electron chi connectivity index (χ1n) is 31.0. The van der Waals surface area contributed by atoms with Crippen molar-refractivity contribution >= 4 is 57.0 Å². The Balaban J connectivity index is 1.63. The predicted molar refractivity (Wildman–Crippen MR) is 320 cm³/mol. The summed E-state index contributed by atoms with van der Waals surface area (Å²) in [6.45, 7) is 36.4. The molecular formula is C61H104O15Si4. The number of benzene rings is 1. The van der Waals surface area contributed by atoms with Gasteiger partial charge in [-0.3, -0.25) is 14.4 Å². The number of Topliss-reactive ketones (excluding diaryl/α,β-unsaturated/α-hetero) is 1. The van der Waals surface area contributed by atoms with Gasteiger partial charge in [0, 0.05) is 38.5 Å². The minimum Gasteiger partial charge on any atom is -0.455 e. The highest BCUT2D eigenvalue weighted by atomic mass is 28.4. The minimum absolute atomic E-state index is 0.149. The lowest BCUT2D eigenvalue weighted by atomic mass is 9.44. The second-order valence-corrected chi connectivity index (χ2v) is 43.8. The first-order chi connectivity index (χ1) is 37.8. The Hall–Kier alpha value is -2.41. The van der Waals surface area contributed by atoms with Gasteiger partial charge in [-0.05, 0) is 110 Å². The highest BCUT2D eigenvalue weighted by molar-refractivity contribution is 6.75. The molecule has 15 nitrogen and oxygen atoms in total. The Bertz CT molecular complexity index is 2280. The molecule has 2 aliphatic heterocycles. The third-order valence-electron chi connectivity index (χ3n) is 21.4. The van der Waals surface area contributed by atoms with Crippen LogP contribution < -0.4 is 0 Å². The van der Waals surface area contributed by atoms with Crippen molar-refractivity contribution in [3.63, 3.8) is 0 Å². The van der Waals surface area contributed by atoms with Crippen molar-refractivity contribution in [1.29, 1.82) is 0 Å². The molecule has 2 bridgehead atoms. The zero-order valence-electron chi connectivity index (χ0n) is 52.3. The van der Waals surface area contributed by atoms with Crippen LogP contribution in [0.2, 0.25) is 72.5 Å². The van der Waals surface area contributed by atoms with Crippen molar-refractivity contribution in [2.45, 2.75) is 283 Å². The summed E-state index contributed by atoms with van der Waals surface area (Å²) in [5, 5.41) is 14.6. The van der Waals surface area contributed by atoms with Crippen LogP contribution in [0.15, 0.2) is 41.5 Å². The molecule has 4 fully saturated rings. The molecule has 0 unspecified atom stereocenters. The summed E-state index contributed by atoms with van der Waals surface area (Å²) < 4.78 is 70.8. The lowest BCUT2D eigenvalue weighted by Crippen LogP contribution is -2.82. The van der Waals surface area contributed by atoms with Crippen molar-refractivity contribution < 1.29 is 70.4 Å². The highest BCUT2D eigenvalue weighted by Crippen LogP contribution is 2.65. The van der Waals surface area contributed by atoms with Gasteiger partial charge in [0.15, 0.2) is 57.0 Å². The van der Waals surface area contributed by atoms with E-state index >= 15 is 9.59 Å². The molecule has 19 heteroatoms. The largest absolute Gasteiger partial charge is 0.455 e. The molecule has 2 saturated carbocycles. The van der Waals surface area contributed by atoms with E-state index in [-0.39, 0.29) is 31.6 Å². The van der Waals surface area contributed by atoms with Crippen LogP contribution in [0.5, 0.6) is 0 Å². The zero-order chi connectivity index (χ0) is 59.4. The van der Waals surface area contributed by atoms with E-state index in [1.54, 1.807) is 37.3 Å². The topological polar surface area (TPSA) is 181 Å². The van der Waals surface area contributed by atoms with Gasteiger partial charge in [-0.1, -0.05) is 115 Å². The maximum absolute atomic E-state index is 16.8. The van der Waals surface area contributed by atoms with E-state index in [2.05, 4.69) is 83.1 Å². The average molecular weight is 1190 g/mol. The van der Waals surface area contributed by atoms with Gasteiger partial charge >= 0.3 is 17.9 Å². The van der Waals surface area contributed by atoms with Crippen LogP contribution in [0.25, 0.3) is 0 Å². The lowest BCUT2D eigenvalue weighted by Gasteiger charge is -2.68. The molecule has 454 valence electrons. The van der Waals surface area contributed by atoms with E-state index < -0.39 is 140 Å². The highest BCUT2D eigenvalue weighted by Gasteiger charge is 2.79. The van der Waals surface area contributed by atoms with E-state index in [0.717, 1.165) is 72.5 Å². The normalized spacial score (nSPS) is 32.7. The quantitative estimate of drug-likeness (QED) is 0.0380. The third kappa shape index (κ3) is 12.2. The van der Waals surface area contributed by atoms with Gasteiger partial charge in [-0.15, -0.1) is 0 Å². The summed E-state index contributed by atoms with van der Waals surface area (Å²) >= 11 is 0. The maximum atomic E-state index is 16.8. The Morgan fingerprint density at radius 3 is 1.70 bits per heavy atom. The molecule has 1 aromatic rings. The Morgan fingerprint density at radius 1 is 0.688 bits per heavy atom. The molecule has 5 aliphatic rings. The molecule has 3 aliphatic carbocycles. The second kappa shape index (κ2) is 26.5. The molecule has 1 N–H and O–H groups in total. The summed E-state index contributed by atoms with van der Waals surface area (Å²) in [6, 6.07) is 19.2. The van der Waals surface area contributed by atoms with Gasteiger partial charge in [0.25, 0.3) is 0 Å². The van der Waals surface area contributed by atoms with Gasteiger partial charge < -0.3 is 51.2 Å². The van der Waals surface area contributed by atoms with Crippen LogP contribution in [-0.2, 0) is 60.5 Å². The van der Waals surface area contributed by atoms with Crippen LogP contribution in [0.3, 0.4) is 0 Å². The standard InChI is InChI=1S/C61H104O15Si4/c1-19-77(20-2,21-3)68-39-47-52(76-80(28-10,29-11)30-12)45(74-78(22-4,23-5)24-6)36-50(71-47)70-46-38-61(66)56(72-57(65)44-34-32-31-33-35-44)54-59(18,55(64)53(69-42(14)62)51(41(46)13)58(61,16)17)48(75-79(25-7,26-8)27-9)37-49-60(54,40-67-49)73-43(15)63/h31-35,45-50,52-54,56,66H,19-30,36-40H2,1-18H3/t45-,46+,47-,48+,49-,50+,52-,53-,54-,56+,59-,60+,61-/m1/s1. The first-order valence-corrected chi connectivity index (χ1v) is 41.1. The molecule has 2 heterocycles. The molecule has 0 aromatic heterocycles. The maximum Gasteiger partial charge on any atom is 0.338 e. The molecule has 1 aromatic carbocycles. The molecular weight excluding hydrogens is 1080 g/mol.